The molecule has 0 heterocycles. The molecule has 1 amide bonds. The average molecular weight is 204 g/mol. The Balaban J connectivity index is 2.94. The van der Waals surface area contributed by atoms with Crippen LogP contribution in [0.1, 0.15) is 0 Å². The predicted molar refractivity (Wildman–Crippen MR) is 58.3 cm³/mol. The van der Waals surface area contributed by atoms with Crippen LogP contribution in [0.15, 0.2) is 24.3 Å². The van der Waals surface area contributed by atoms with Crippen molar-refractivity contribution in [2.75, 3.05) is 18.0 Å². The maximum absolute atomic E-state index is 11.4. The fourth-order valence-electron chi connectivity index (χ4n) is 1.19. The Morgan fingerprint density at radius 1 is 1.47 bits per heavy atom. The Hall–Kier alpha value is -1.99. The van der Waals surface area contributed by atoms with E-state index in [0.29, 0.717) is 18.8 Å². The molecule has 3 N–H and O–H groups in total. The molecule has 1 aromatic carbocycles. The molecule has 0 bridgehead atoms. The summed E-state index contributed by atoms with van der Waals surface area (Å²) >= 11 is 0. The number of phenols is 1. The predicted octanol–water partition coefficient (Wildman–Crippen LogP) is 0.317. The van der Waals surface area contributed by atoms with Crippen molar-refractivity contribution in [3.8, 4) is 18.1 Å². The molecule has 0 saturated heterocycles. The largest absolute Gasteiger partial charge is 0.508 e. The van der Waals surface area contributed by atoms with Crippen molar-refractivity contribution in [1.29, 1.82) is 0 Å². The lowest BCUT2D eigenvalue weighted by Gasteiger charge is -2.19. The lowest BCUT2D eigenvalue weighted by atomic mass is 10.2. The number of hydrogen-bond donors (Lipinski definition) is 2. The summed E-state index contributed by atoms with van der Waals surface area (Å²) in [5.74, 6) is 1.73. The number of hydrogen-bond acceptors (Lipinski definition) is 3. The third kappa shape index (κ3) is 2.73. The molecule has 0 spiro atoms. The molecule has 15 heavy (non-hydrogen) atoms. The van der Waals surface area contributed by atoms with Crippen molar-refractivity contribution >= 4 is 11.6 Å². The first kappa shape index (κ1) is 11.1. The molecule has 4 heteroatoms. The van der Waals surface area contributed by atoms with E-state index in [2.05, 4.69) is 0 Å². The van der Waals surface area contributed by atoms with Crippen LogP contribution in [0.4, 0.5) is 5.69 Å². The second-order valence-electron chi connectivity index (χ2n) is 2.91. The van der Waals surface area contributed by atoms with E-state index >= 15 is 0 Å². The number of carbonyl (C=O) groups excluding carboxylic acids is 1. The van der Waals surface area contributed by atoms with Crippen molar-refractivity contribution in [3.05, 3.63) is 24.3 Å². The van der Waals surface area contributed by atoms with E-state index in [1.54, 1.807) is 12.1 Å². The smallest absolute Gasteiger partial charge is 0.302 e. The van der Waals surface area contributed by atoms with Gasteiger partial charge in [-0.25, -0.2) is 0 Å². The van der Waals surface area contributed by atoms with Gasteiger partial charge in [-0.3, -0.25) is 4.79 Å². The molecule has 1 rings (SSSR count). The first-order chi connectivity index (χ1) is 7.19. The van der Waals surface area contributed by atoms with Gasteiger partial charge in [-0.1, -0.05) is 0 Å². The van der Waals surface area contributed by atoms with Gasteiger partial charge in [-0.2, -0.15) is 0 Å². The summed E-state index contributed by atoms with van der Waals surface area (Å²) in [6.07, 6.45) is 5.04. The van der Waals surface area contributed by atoms with Gasteiger partial charge in [0.1, 0.15) is 5.75 Å². The molecule has 0 aliphatic rings. The summed E-state index contributed by atoms with van der Waals surface area (Å²) in [5.41, 5.74) is 6.00. The number of nitrogens with two attached hydrogens (primary N) is 1. The summed E-state index contributed by atoms with van der Waals surface area (Å²) in [6.45, 7) is 0.683. The first-order valence-electron chi connectivity index (χ1n) is 4.46. The Kier molecular flexibility index (Phi) is 3.72. The van der Waals surface area contributed by atoms with Crippen molar-refractivity contribution in [1.82, 2.24) is 0 Å². The summed E-state index contributed by atoms with van der Waals surface area (Å²) in [6, 6.07) is 6.20. The zero-order valence-electron chi connectivity index (χ0n) is 8.18. The van der Waals surface area contributed by atoms with Crippen LogP contribution in [0.5, 0.6) is 5.75 Å². The maximum atomic E-state index is 11.4. The summed E-state index contributed by atoms with van der Waals surface area (Å²) < 4.78 is 0. The zero-order chi connectivity index (χ0) is 11.3. The third-order valence-corrected chi connectivity index (χ3v) is 1.88. The van der Waals surface area contributed by atoms with Crippen molar-refractivity contribution < 1.29 is 9.90 Å². The number of terminal acetylenes is 1. The molecule has 78 valence electrons. The van der Waals surface area contributed by atoms with E-state index in [-0.39, 0.29) is 5.75 Å². The van der Waals surface area contributed by atoms with Crippen LogP contribution in [0.25, 0.3) is 0 Å². The number of phenolic OH excluding ortho intramolecular Hbond substituents is 1. The third-order valence-electron chi connectivity index (χ3n) is 1.88. The number of benzene rings is 1. The van der Waals surface area contributed by atoms with Gasteiger partial charge in [0, 0.05) is 18.8 Å². The van der Waals surface area contributed by atoms with E-state index in [1.807, 2.05) is 5.92 Å². The summed E-state index contributed by atoms with van der Waals surface area (Å²) in [7, 11) is 0. The molecule has 0 radical (unpaired) electrons. The fourth-order valence-corrected chi connectivity index (χ4v) is 1.19. The molecular formula is C11H12N2O2. The van der Waals surface area contributed by atoms with Gasteiger partial charge in [0.15, 0.2) is 0 Å². The molecule has 0 unspecified atom stereocenters. The van der Waals surface area contributed by atoms with Crippen molar-refractivity contribution in [3.63, 3.8) is 0 Å². The minimum atomic E-state index is -0.439. The van der Waals surface area contributed by atoms with E-state index in [1.165, 1.54) is 17.0 Å². The first-order valence-corrected chi connectivity index (χ1v) is 4.46. The molecule has 0 fully saturated rings. The average Bonchev–Trinajstić information content (AvgIpc) is 2.26. The van der Waals surface area contributed by atoms with Gasteiger partial charge in [0.2, 0.25) is 0 Å². The van der Waals surface area contributed by atoms with Gasteiger partial charge in [-0.05, 0) is 30.2 Å². The Morgan fingerprint density at radius 2 is 2.07 bits per heavy atom. The molecule has 1 aromatic rings. The Morgan fingerprint density at radius 3 is 2.53 bits per heavy atom. The standard InChI is InChI=1S/C11H12N2O2/c1-2-11(15)13(8-7-12)9-3-5-10(14)6-4-9/h1,3-6,14H,7-8,12H2. The molecule has 0 saturated carbocycles. The minimum Gasteiger partial charge on any atom is -0.508 e. The van der Waals surface area contributed by atoms with Crippen LogP contribution < -0.4 is 10.6 Å². The fraction of sp³-hybridized carbons (Fsp3) is 0.182. The SMILES string of the molecule is C#CC(=O)N(CCN)c1ccc(O)cc1. The number of amides is 1. The molecule has 0 aromatic heterocycles. The van der Waals surface area contributed by atoms with E-state index in [4.69, 9.17) is 17.3 Å². The maximum Gasteiger partial charge on any atom is 0.302 e. The highest BCUT2D eigenvalue weighted by molar-refractivity contribution is 6.05. The summed E-state index contributed by atoms with van der Waals surface area (Å²) in [5, 5.41) is 9.10. The van der Waals surface area contributed by atoms with Crippen LogP contribution >= 0.6 is 0 Å². The van der Waals surface area contributed by atoms with E-state index in [9.17, 15) is 4.79 Å². The van der Waals surface area contributed by atoms with E-state index < -0.39 is 5.91 Å². The number of aromatic hydroxyl groups is 1. The highest BCUT2D eigenvalue weighted by Gasteiger charge is 2.11. The minimum absolute atomic E-state index is 0.139. The number of carbonyl (C=O) groups is 1. The monoisotopic (exact) mass is 204 g/mol. The van der Waals surface area contributed by atoms with E-state index in [0.717, 1.165) is 0 Å². The van der Waals surface area contributed by atoms with Crippen LogP contribution in [0, 0.1) is 12.3 Å². The highest BCUT2D eigenvalue weighted by atomic mass is 16.3. The van der Waals surface area contributed by atoms with Crippen LogP contribution in [0.2, 0.25) is 0 Å². The second-order valence-corrected chi connectivity index (χ2v) is 2.91. The molecule has 0 atom stereocenters. The molecule has 0 aliphatic carbocycles. The number of nitrogens with zero attached hydrogens (tertiary/aromatic N) is 1. The summed E-state index contributed by atoms with van der Waals surface area (Å²) in [4.78, 5) is 12.7. The quantitative estimate of drug-likeness (QED) is 0.697. The van der Waals surface area contributed by atoms with Gasteiger partial charge < -0.3 is 15.7 Å². The highest BCUT2D eigenvalue weighted by Crippen LogP contribution is 2.18. The number of rotatable bonds is 3. The lowest BCUT2D eigenvalue weighted by Crippen LogP contribution is -2.34. The Labute approximate surface area is 88.3 Å². The topological polar surface area (TPSA) is 66.6 Å². The van der Waals surface area contributed by atoms with Crippen molar-refractivity contribution in [2.24, 2.45) is 5.73 Å². The molecule has 0 aliphatic heterocycles. The normalized spacial score (nSPS) is 9.33. The zero-order valence-corrected chi connectivity index (χ0v) is 8.18. The van der Waals surface area contributed by atoms with Crippen LogP contribution in [-0.4, -0.2) is 24.1 Å². The number of anilines is 1. The Bertz CT molecular complexity index is 379. The van der Waals surface area contributed by atoms with Gasteiger partial charge >= 0.3 is 5.91 Å². The van der Waals surface area contributed by atoms with Gasteiger partial charge in [0.05, 0.1) is 0 Å². The van der Waals surface area contributed by atoms with Gasteiger partial charge in [0.25, 0.3) is 0 Å². The van der Waals surface area contributed by atoms with Crippen LogP contribution in [-0.2, 0) is 4.79 Å². The van der Waals surface area contributed by atoms with Crippen LogP contribution in [0.3, 0.4) is 0 Å². The lowest BCUT2D eigenvalue weighted by molar-refractivity contribution is -0.113. The second kappa shape index (κ2) is 5.03. The molecular weight excluding hydrogens is 192 g/mol. The van der Waals surface area contributed by atoms with Crippen molar-refractivity contribution in [2.45, 2.75) is 0 Å². The molecule has 4 nitrogen and oxygen atoms in total. The van der Waals surface area contributed by atoms with Gasteiger partial charge in [-0.15, -0.1) is 6.42 Å².